The van der Waals surface area contributed by atoms with Crippen molar-refractivity contribution in [1.29, 1.82) is 0 Å². The average molecular weight is 449 g/mol. The van der Waals surface area contributed by atoms with Gasteiger partial charge in [-0.2, -0.15) is 0 Å². The summed E-state index contributed by atoms with van der Waals surface area (Å²) in [6.07, 6.45) is 1.57. The van der Waals surface area contributed by atoms with Gasteiger partial charge in [-0.3, -0.25) is 9.69 Å². The fourth-order valence-corrected chi connectivity index (χ4v) is 3.17. The SMILES string of the molecule is CCOc1cc(/C=C2/NC(=O)N(C)C2=O)cc(Br)c1OCc1ccc(F)cc1. The number of carbonyl (C=O) groups is 2. The summed E-state index contributed by atoms with van der Waals surface area (Å²) in [5.41, 5.74) is 1.65. The largest absolute Gasteiger partial charge is 0.490 e. The Balaban J connectivity index is 1.86. The second-order valence-corrected chi connectivity index (χ2v) is 6.88. The van der Waals surface area contributed by atoms with Crippen LogP contribution in [0.2, 0.25) is 0 Å². The van der Waals surface area contributed by atoms with Gasteiger partial charge in [-0.05, 0) is 64.3 Å². The maximum Gasteiger partial charge on any atom is 0.328 e. The Morgan fingerprint density at radius 1 is 1.18 bits per heavy atom. The summed E-state index contributed by atoms with van der Waals surface area (Å²) in [4.78, 5) is 24.6. The highest BCUT2D eigenvalue weighted by atomic mass is 79.9. The summed E-state index contributed by atoms with van der Waals surface area (Å²) in [6.45, 7) is 2.50. The molecule has 1 fully saturated rings. The topological polar surface area (TPSA) is 67.9 Å². The molecular weight excluding hydrogens is 431 g/mol. The number of rotatable bonds is 6. The van der Waals surface area contributed by atoms with E-state index in [4.69, 9.17) is 9.47 Å². The maximum absolute atomic E-state index is 13.0. The monoisotopic (exact) mass is 448 g/mol. The molecule has 2 aromatic rings. The summed E-state index contributed by atoms with van der Waals surface area (Å²) in [5.74, 6) is 0.260. The summed E-state index contributed by atoms with van der Waals surface area (Å²) in [6, 6.07) is 9.04. The number of nitrogens with one attached hydrogen (secondary N) is 1. The molecule has 0 unspecified atom stereocenters. The van der Waals surface area contributed by atoms with E-state index in [9.17, 15) is 14.0 Å². The lowest BCUT2D eigenvalue weighted by Gasteiger charge is -2.15. The van der Waals surface area contributed by atoms with E-state index in [1.54, 1.807) is 30.3 Å². The molecule has 3 amide bonds. The van der Waals surface area contributed by atoms with Crippen LogP contribution in [0.5, 0.6) is 11.5 Å². The minimum atomic E-state index is -0.473. The molecule has 0 bridgehead atoms. The zero-order valence-corrected chi connectivity index (χ0v) is 16.9. The lowest BCUT2D eigenvalue weighted by molar-refractivity contribution is -0.121. The van der Waals surface area contributed by atoms with E-state index in [0.29, 0.717) is 28.1 Å². The van der Waals surface area contributed by atoms with E-state index >= 15 is 0 Å². The van der Waals surface area contributed by atoms with Crippen LogP contribution in [0.3, 0.4) is 0 Å². The molecule has 6 nitrogen and oxygen atoms in total. The molecule has 0 aliphatic carbocycles. The zero-order valence-electron chi connectivity index (χ0n) is 15.3. The van der Waals surface area contributed by atoms with Gasteiger partial charge in [0.1, 0.15) is 18.1 Å². The Bertz CT molecular complexity index is 944. The van der Waals surface area contributed by atoms with Crippen molar-refractivity contribution in [2.24, 2.45) is 0 Å². The Morgan fingerprint density at radius 3 is 2.50 bits per heavy atom. The lowest BCUT2D eigenvalue weighted by atomic mass is 10.1. The molecule has 1 aliphatic heterocycles. The molecule has 28 heavy (non-hydrogen) atoms. The van der Waals surface area contributed by atoms with Gasteiger partial charge in [-0.25, -0.2) is 9.18 Å². The van der Waals surface area contributed by atoms with Crippen molar-refractivity contribution in [3.05, 3.63) is 63.5 Å². The van der Waals surface area contributed by atoms with Crippen LogP contribution in [0.15, 0.2) is 46.6 Å². The number of amides is 3. The predicted molar refractivity (Wildman–Crippen MR) is 105 cm³/mol. The number of urea groups is 1. The molecule has 1 saturated heterocycles. The quantitative estimate of drug-likeness (QED) is 0.533. The highest BCUT2D eigenvalue weighted by Gasteiger charge is 2.30. The van der Waals surface area contributed by atoms with Crippen LogP contribution in [0.1, 0.15) is 18.1 Å². The number of carbonyl (C=O) groups excluding carboxylic acids is 2. The predicted octanol–water partition coefficient (Wildman–Crippen LogP) is 4.09. The van der Waals surface area contributed by atoms with Crippen LogP contribution in [0, 0.1) is 5.82 Å². The van der Waals surface area contributed by atoms with Gasteiger partial charge in [-0.15, -0.1) is 0 Å². The third kappa shape index (κ3) is 4.33. The number of nitrogens with zero attached hydrogens (tertiary/aromatic N) is 1. The first-order chi connectivity index (χ1) is 13.4. The molecule has 1 aliphatic rings. The number of imide groups is 1. The number of ether oxygens (including phenoxy) is 2. The van der Waals surface area contributed by atoms with Crippen LogP contribution in [0.4, 0.5) is 9.18 Å². The Morgan fingerprint density at radius 2 is 1.89 bits per heavy atom. The summed E-state index contributed by atoms with van der Waals surface area (Å²) >= 11 is 3.46. The normalized spacial score (nSPS) is 15.1. The van der Waals surface area contributed by atoms with E-state index in [2.05, 4.69) is 21.2 Å². The second kappa shape index (κ2) is 8.43. The summed E-state index contributed by atoms with van der Waals surface area (Å²) < 4.78 is 25.2. The van der Waals surface area contributed by atoms with E-state index in [1.165, 1.54) is 19.2 Å². The van der Waals surface area contributed by atoms with Crippen LogP contribution in [0.25, 0.3) is 6.08 Å². The molecular formula is C20H18BrFN2O4. The second-order valence-electron chi connectivity index (χ2n) is 6.03. The van der Waals surface area contributed by atoms with Crippen LogP contribution >= 0.6 is 15.9 Å². The first-order valence-electron chi connectivity index (χ1n) is 8.53. The number of hydrogen-bond donors (Lipinski definition) is 1. The van der Waals surface area contributed by atoms with Gasteiger partial charge in [0, 0.05) is 7.05 Å². The number of halogens is 2. The van der Waals surface area contributed by atoms with Crippen molar-refractivity contribution in [3.8, 4) is 11.5 Å². The number of likely N-dealkylation sites (N-methyl/N-ethyl adjacent to an activating group) is 1. The highest BCUT2D eigenvalue weighted by molar-refractivity contribution is 9.10. The van der Waals surface area contributed by atoms with Crippen molar-refractivity contribution >= 4 is 33.9 Å². The Kier molecular flexibility index (Phi) is 5.99. The minimum absolute atomic E-state index is 0.182. The molecule has 3 rings (SSSR count). The van der Waals surface area contributed by atoms with Crippen molar-refractivity contribution in [2.45, 2.75) is 13.5 Å². The summed E-state index contributed by atoms with van der Waals surface area (Å²) in [5, 5.41) is 2.52. The molecule has 1 heterocycles. The minimum Gasteiger partial charge on any atom is -0.490 e. The van der Waals surface area contributed by atoms with Crippen molar-refractivity contribution < 1.29 is 23.5 Å². The van der Waals surface area contributed by atoms with Crippen molar-refractivity contribution in [1.82, 2.24) is 10.2 Å². The van der Waals surface area contributed by atoms with Gasteiger partial charge >= 0.3 is 6.03 Å². The lowest BCUT2D eigenvalue weighted by Crippen LogP contribution is -2.25. The maximum atomic E-state index is 13.0. The molecule has 146 valence electrons. The zero-order chi connectivity index (χ0) is 20.3. The smallest absolute Gasteiger partial charge is 0.328 e. The Hall–Kier alpha value is -2.87. The highest BCUT2D eigenvalue weighted by Crippen LogP contribution is 2.38. The Labute approximate surface area is 170 Å². The van der Waals surface area contributed by atoms with Gasteiger partial charge in [0.2, 0.25) is 0 Å². The van der Waals surface area contributed by atoms with Gasteiger partial charge < -0.3 is 14.8 Å². The van der Waals surface area contributed by atoms with Crippen molar-refractivity contribution in [3.63, 3.8) is 0 Å². The third-order valence-corrected chi connectivity index (χ3v) is 4.61. The van der Waals surface area contributed by atoms with Gasteiger partial charge in [0.05, 0.1) is 11.1 Å². The first-order valence-corrected chi connectivity index (χ1v) is 9.32. The van der Waals surface area contributed by atoms with Gasteiger partial charge in [0.15, 0.2) is 11.5 Å². The van der Waals surface area contributed by atoms with Gasteiger partial charge in [-0.1, -0.05) is 12.1 Å². The van der Waals surface area contributed by atoms with E-state index in [1.807, 2.05) is 6.92 Å². The molecule has 8 heteroatoms. The summed E-state index contributed by atoms with van der Waals surface area (Å²) in [7, 11) is 1.41. The molecule has 0 saturated carbocycles. The molecule has 0 spiro atoms. The van der Waals surface area contributed by atoms with Crippen LogP contribution in [-0.4, -0.2) is 30.5 Å². The number of benzene rings is 2. The molecule has 1 N–H and O–H groups in total. The van der Waals surface area contributed by atoms with E-state index in [0.717, 1.165) is 10.5 Å². The van der Waals surface area contributed by atoms with Crippen LogP contribution in [-0.2, 0) is 11.4 Å². The van der Waals surface area contributed by atoms with Crippen LogP contribution < -0.4 is 14.8 Å². The van der Waals surface area contributed by atoms with Gasteiger partial charge in [0.25, 0.3) is 5.91 Å². The number of hydrogen-bond acceptors (Lipinski definition) is 4. The average Bonchev–Trinajstić information content (AvgIpc) is 2.89. The fourth-order valence-electron chi connectivity index (χ4n) is 2.60. The third-order valence-electron chi connectivity index (χ3n) is 4.02. The molecule has 0 atom stereocenters. The molecule has 0 radical (unpaired) electrons. The molecule has 0 aromatic heterocycles. The van der Waals surface area contributed by atoms with E-state index < -0.39 is 11.9 Å². The fraction of sp³-hybridized carbons (Fsp3) is 0.200. The van der Waals surface area contributed by atoms with E-state index in [-0.39, 0.29) is 18.1 Å². The van der Waals surface area contributed by atoms with Crippen molar-refractivity contribution in [2.75, 3.05) is 13.7 Å². The first kappa shape index (κ1) is 19.9. The molecule has 2 aromatic carbocycles. The standard InChI is InChI=1S/C20H18BrFN2O4/c1-3-27-17-10-13(9-16-19(25)24(2)20(26)23-16)8-15(21)18(17)28-11-12-4-6-14(22)7-5-12/h4-10H,3,11H2,1-2H3,(H,23,26)/b16-9+.